The van der Waals surface area contributed by atoms with E-state index in [2.05, 4.69) is 5.32 Å². The van der Waals surface area contributed by atoms with Crippen molar-refractivity contribution in [3.8, 4) is 11.5 Å². The number of hydrogen-bond acceptors (Lipinski definition) is 6. The van der Waals surface area contributed by atoms with Crippen LogP contribution in [0.25, 0.3) is 6.08 Å². The largest absolute Gasteiger partial charge is 0.490 e. The van der Waals surface area contributed by atoms with Crippen LogP contribution >= 0.6 is 11.6 Å². The van der Waals surface area contributed by atoms with Crippen molar-refractivity contribution in [3.05, 3.63) is 119 Å². The summed E-state index contributed by atoms with van der Waals surface area (Å²) in [7, 11) is 0. The molecule has 4 aromatic carbocycles. The molecule has 5 rings (SSSR count). The summed E-state index contributed by atoms with van der Waals surface area (Å²) in [6.07, 6.45) is 1.35. The Labute approximate surface area is 259 Å². The number of nitrogens with zero attached hydrogens (tertiary/aromatic N) is 2. The van der Waals surface area contributed by atoms with Crippen LogP contribution in [0.3, 0.4) is 0 Å². The zero-order valence-corrected chi connectivity index (χ0v) is 24.7. The molecule has 0 atom stereocenters. The number of carbonyl (C=O) groups excluding carboxylic acids is 4. The number of halogens is 1. The molecule has 1 heterocycles. The average molecular weight is 610 g/mol. The minimum atomic E-state index is -0.796. The number of ether oxygens (including phenoxy) is 2. The van der Waals surface area contributed by atoms with Crippen molar-refractivity contribution in [2.75, 3.05) is 28.3 Å². The van der Waals surface area contributed by atoms with Gasteiger partial charge in [0.1, 0.15) is 5.57 Å². The molecule has 0 saturated carbocycles. The lowest BCUT2D eigenvalue weighted by atomic mass is 10.0. The summed E-state index contributed by atoms with van der Waals surface area (Å²) in [5.74, 6) is -1.64. The van der Waals surface area contributed by atoms with E-state index < -0.39 is 23.8 Å². The van der Waals surface area contributed by atoms with Gasteiger partial charge in [0.2, 0.25) is 0 Å². The molecule has 0 bridgehead atoms. The second kappa shape index (κ2) is 13.3. The molecular formula is C34H28ClN3O6. The summed E-state index contributed by atoms with van der Waals surface area (Å²) in [5, 5.41) is 2.85. The van der Waals surface area contributed by atoms with E-state index in [9.17, 15) is 19.2 Å². The van der Waals surface area contributed by atoms with Gasteiger partial charge in [0.25, 0.3) is 17.7 Å². The van der Waals surface area contributed by atoms with Gasteiger partial charge in [-0.25, -0.2) is 14.6 Å². The van der Waals surface area contributed by atoms with Crippen LogP contribution in [0.5, 0.6) is 11.5 Å². The fourth-order valence-corrected chi connectivity index (χ4v) is 4.83. The number of para-hydroxylation sites is 2. The van der Waals surface area contributed by atoms with E-state index in [0.29, 0.717) is 22.6 Å². The minimum absolute atomic E-state index is 0.0950. The van der Waals surface area contributed by atoms with Crippen LogP contribution in [0.4, 0.5) is 21.9 Å². The van der Waals surface area contributed by atoms with Crippen LogP contribution in [0, 0.1) is 6.92 Å². The Morgan fingerprint density at radius 3 is 1.93 bits per heavy atom. The molecule has 0 spiro atoms. The molecule has 0 radical (unpaired) electrons. The highest BCUT2D eigenvalue weighted by Gasteiger charge is 2.43. The van der Waals surface area contributed by atoms with Gasteiger partial charge in [-0.05, 0) is 74.0 Å². The molecule has 4 aromatic rings. The number of anilines is 3. The number of nitrogens with one attached hydrogen (secondary N) is 1. The summed E-state index contributed by atoms with van der Waals surface area (Å²) >= 11 is 6.58. The third kappa shape index (κ3) is 6.48. The third-order valence-electron chi connectivity index (χ3n) is 6.60. The Morgan fingerprint density at radius 1 is 0.818 bits per heavy atom. The normalized spacial score (nSPS) is 13.2. The quantitative estimate of drug-likeness (QED) is 0.168. The zero-order chi connectivity index (χ0) is 31.2. The number of carbonyl (C=O) groups is 4. The molecule has 1 aliphatic heterocycles. The molecule has 1 aliphatic rings. The van der Waals surface area contributed by atoms with E-state index >= 15 is 0 Å². The number of aryl methyl sites for hydroxylation is 1. The maximum absolute atomic E-state index is 13.7. The fraction of sp³-hybridized carbons (Fsp3) is 0.118. The first-order valence-electron chi connectivity index (χ1n) is 13.8. The first kappa shape index (κ1) is 30.1. The number of imide groups is 2. The van der Waals surface area contributed by atoms with Crippen LogP contribution in [0.15, 0.2) is 103 Å². The predicted octanol–water partition coefficient (Wildman–Crippen LogP) is 6.65. The molecule has 1 N–H and O–H groups in total. The molecule has 0 aliphatic carbocycles. The van der Waals surface area contributed by atoms with Gasteiger partial charge < -0.3 is 14.8 Å². The summed E-state index contributed by atoms with van der Waals surface area (Å²) in [5.41, 5.74) is 2.39. The standard InChI is InChI=1S/C34H28ClN3O6/c1-3-43-29-20-23(19-28(35)31(29)44-21-30(39)36-24-16-14-22(2)15-17-24)18-27-32(40)37(25-10-6-4-7-11-25)34(42)38(33(27)41)26-12-8-5-9-13-26/h4-20H,3,21H2,1-2H3,(H,36,39). The Kier molecular flexibility index (Phi) is 9.06. The summed E-state index contributed by atoms with van der Waals surface area (Å²) in [6, 6.07) is 26.3. The van der Waals surface area contributed by atoms with E-state index in [0.717, 1.165) is 15.4 Å². The van der Waals surface area contributed by atoms with Gasteiger partial charge in [-0.15, -0.1) is 0 Å². The van der Waals surface area contributed by atoms with E-state index in [4.69, 9.17) is 21.1 Å². The molecule has 5 amide bonds. The molecular weight excluding hydrogens is 582 g/mol. The Morgan fingerprint density at radius 2 is 1.39 bits per heavy atom. The molecule has 44 heavy (non-hydrogen) atoms. The Hall–Kier alpha value is -5.41. The van der Waals surface area contributed by atoms with Crippen molar-refractivity contribution in [3.63, 3.8) is 0 Å². The highest BCUT2D eigenvalue weighted by atomic mass is 35.5. The van der Waals surface area contributed by atoms with Crippen molar-refractivity contribution < 1.29 is 28.7 Å². The maximum atomic E-state index is 13.7. The monoisotopic (exact) mass is 609 g/mol. The van der Waals surface area contributed by atoms with Gasteiger partial charge in [0, 0.05) is 5.69 Å². The first-order chi connectivity index (χ1) is 21.3. The second-order valence-electron chi connectivity index (χ2n) is 9.76. The predicted molar refractivity (Wildman–Crippen MR) is 169 cm³/mol. The van der Waals surface area contributed by atoms with Gasteiger partial charge in [0.15, 0.2) is 18.1 Å². The first-order valence-corrected chi connectivity index (χ1v) is 14.1. The molecule has 10 heteroatoms. The van der Waals surface area contributed by atoms with Crippen molar-refractivity contribution in [1.29, 1.82) is 0 Å². The van der Waals surface area contributed by atoms with Gasteiger partial charge in [-0.1, -0.05) is 65.7 Å². The third-order valence-corrected chi connectivity index (χ3v) is 6.88. The minimum Gasteiger partial charge on any atom is -0.490 e. The van der Waals surface area contributed by atoms with E-state index in [1.54, 1.807) is 85.8 Å². The molecule has 1 fully saturated rings. The number of hydrogen-bond donors (Lipinski definition) is 1. The lowest BCUT2D eigenvalue weighted by Gasteiger charge is -2.34. The smallest absolute Gasteiger partial charge is 0.343 e. The van der Waals surface area contributed by atoms with Crippen molar-refractivity contribution >= 4 is 58.5 Å². The van der Waals surface area contributed by atoms with Crippen LogP contribution in [-0.2, 0) is 14.4 Å². The number of urea groups is 1. The number of rotatable bonds is 9. The average Bonchev–Trinajstić information content (AvgIpc) is 3.01. The van der Waals surface area contributed by atoms with Crippen LogP contribution in [0.2, 0.25) is 5.02 Å². The number of amides is 5. The molecule has 0 aromatic heterocycles. The van der Waals surface area contributed by atoms with Gasteiger partial charge in [0.05, 0.1) is 23.0 Å². The summed E-state index contributed by atoms with van der Waals surface area (Å²) in [6.45, 7) is 3.62. The second-order valence-corrected chi connectivity index (χ2v) is 10.2. The van der Waals surface area contributed by atoms with E-state index in [-0.39, 0.29) is 35.3 Å². The van der Waals surface area contributed by atoms with Crippen molar-refractivity contribution in [1.82, 2.24) is 0 Å². The van der Waals surface area contributed by atoms with Crippen LogP contribution < -0.4 is 24.6 Å². The van der Waals surface area contributed by atoms with Gasteiger partial charge in [-0.3, -0.25) is 14.4 Å². The van der Waals surface area contributed by atoms with Gasteiger partial charge in [-0.2, -0.15) is 0 Å². The molecule has 222 valence electrons. The maximum Gasteiger partial charge on any atom is 0.343 e. The highest BCUT2D eigenvalue weighted by Crippen LogP contribution is 2.38. The van der Waals surface area contributed by atoms with Crippen LogP contribution in [0.1, 0.15) is 18.1 Å². The van der Waals surface area contributed by atoms with Crippen molar-refractivity contribution in [2.45, 2.75) is 13.8 Å². The topological polar surface area (TPSA) is 105 Å². The molecule has 9 nitrogen and oxygen atoms in total. The summed E-state index contributed by atoms with van der Waals surface area (Å²) in [4.78, 5) is 55.4. The lowest BCUT2D eigenvalue weighted by molar-refractivity contribution is -0.121. The van der Waals surface area contributed by atoms with E-state index in [1.807, 2.05) is 19.1 Å². The van der Waals surface area contributed by atoms with Crippen LogP contribution in [-0.4, -0.2) is 37.0 Å². The zero-order valence-electron chi connectivity index (χ0n) is 24.0. The Bertz CT molecular complexity index is 1680. The van der Waals surface area contributed by atoms with Crippen molar-refractivity contribution in [2.24, 2.45) is 0 Å². The van der Waals surface area contributed by atoms with Gasteiger partial charge >= 0.3 is 6.03 Å². The summed E-state index contributed by atoms with van der Waals surface area (Å²) < 4.78 is 11.5. The lowest BCUT2D eigenvalue weighted by Crippen LogP contribution is -2.57. The highest BCUT2D eigenvalue weighted by molar-refractivity contribution is 6.46. The Balaban J connectivity index is 1.47. The van der Waals surface area contributed by atoms with E-state index in [1.165, 1.54) is 12.1 Å². The number of benzene rings is 4. The molecule has 1 saturated heterocycles. The fourth-order valence-electron chi connectivity index (χ4n) is 4.55. The number of barbiturate groups is 1. The molecule has 0 unspecified atom stereocenters. The SMILES string of the molecule is CCOc1cc(C=C2C(=O)N(c3ccccc3)C(=O)N(c3ccccc3)C2=O)cc(Cl)c1OCC(=O)Nc1ccc(C)cc1.